The molecule has 1 aromatic rings. The third-order valence-electron chi connectivity index (χ3n) is 1.25. The lowest BCUT2D eigenvalue weighted by Gasteiger charge is -2.05. The first-order valence-corrected chi connectivity index (χ1v) is 4.36. The van der Waals surface area contributed by atoms with Gasteiger partial charge in [0.05, 0.1) is 6.54 Å². The zero-order valence-corrected chi connectivity index (χ0v) is 7.65. The molecule has 61 valence electrons. The fourth-order valence-electron chi connectivity index (χ4n) is 0.832. The summed E-state index contributed by atoms with van der Waals surface area (Å²) in [5, 5.41) is 0.877. The monoisotopic (exact) mass is 170 g/mol. The Kier molecular flexibility index (Phi) is 3.02. The molecule has 0 N–H and O–H groups in total. The van der Waals surface area contributed by atoms with Crippen molar-refractivity contribution in [3.8, 4) is 0 Å². The normalized spacial score (nSPS) is 10.9. The molecule has 1 aromatic heterocycles. The zero-order valence-electron chi connectivity index (χ0n) is 6.83. The highest BCUT2D eigenvalue weighted by atomic mass is 32.2. The average Bonchev–Trinajstić information content (AvgIpc) is 2.34. The lowest BCUT2D eigenvalue weighted by atomic mass is 10.4. The molecule has 1 radical (unpaired) electrons. The summed E-state index contributed by atoms with van der Waals surface area (Å²) in [7, 11) is 4.03. The van der Waals surface area contributed by atoms with Gasteiger partial charge in [-0.1, -0.05) is 11.8 Å². The highest BCUT2D eigenvalue weighted by molar-refractivity contribution is 8.00. The van der Waals surface area contributed by atoms with E-state index >= 15 is 0 Å². The minimum Gasteiger partial charge on any atom is -0.454 e. The number of hydrogen-bond acceptors (Lipinski definition) is 3. The molecule has 0 unspecified atom stereocenters. The third kappa shape index (κ3) is 2.60. The Hall–Kier alpha value is -0.410. The molecule has 2 nitrogen and oxygen atoms in total. The van der Waals surface area contributed by atoms with Crippen LogP contribution >= 0.6 is 11.8 Å². The fourth-order valence-corrected chi connectivity index (χ4v) is 1.16. The fraction of sp³-hybridized carbons (Fsp3) is 0.375. The molecule has 11 heavy (non-hydrogen) atoms. The Morgan fingerprint density at radius 1 is 1.55 bits per heavy atom. The second kappa shape index (κ2) is 3.83. The van der Waals surface area contributed by atoms with E-state index in [-0.39, 0.29) is 0 Å². The van der Waals surface area contributed by atoms with Gasteiger partial charge in [-0.15, -0.1) is 0 Å². The largest absolute Gasteiger partial charge is 0.454 e. The molecule has 0 saturated carbocycles. The SMILES string of the molecule is [CH2]Sc1ccc(CN(C)C)o1. The molecule has 0 saturated heterocycles. The quantitative estimate of drug-likeness (QED) is 0.647. The lowest BCUT2D eigenvalue weighted by Crippen LogP contribution is -2.09. The van der Waals surface area contributed by atoms with Gasteiger partial charge in [0.25, 0.3) is 0 Å². The number of furan rings is 1. The molecule has 1 rings (SSSR count). The Morgan fingerprint density at radius 2 is 2.27 bits per heavy atom. The lowest BCUT2D eigenvalue weighted by molar-refractivity contribution is 0.329. The van der Waals surface area contributed by atoms with Gasteiger partial charge in [0.1, 0.15) is 5.76 Å². The van der Waals surface area contributed by atoms with E-state index < -0.39 is 0 Å². The van der Waals surface area contributed by atoms with Crippen LogP contribution in [-0.4, -0.2) is 19.0 Å². The van der Waals surface area contributed by atoms with E-state index in [2.05, 4.69) is 11.2 Å². The van der Waals surface area contributed by atoms with E-state index in [1.54, 1.807) is 0 Å². The van der Waals surface area contributed by atoms with Crippen LogP contribution in [0.4, 0.5) is 0 Å². The van der Waals surface area contributed by atoms with Crippen molar-refractivity contribution in [2.45, 2.75) is 11.6 Å². The van der Waals surface area contributed by atoms with Gasteiger partial charge < -0.3 is 9.32 Å². The third-order valence-corrected chi connectivity index (χ3v) is 1.76. The van der Waals surface area contributed by atoms with Gasteiger partial charge in [-0.25, -0.2) is 0 Å². The minimum absolute atomic E-state index is 0.848. The minimum atomic E-state index is 0.848. The van der Waals surface area contributed by atoms with Crippen molar-refractivity contribution in [3.63, 3.8) is 0 Å². The Labute approximate surface area is 71.6 Å². The predicted molar refractivity (Wildman–Crippen MR) is 47.3 cm³/mol. The van der Waals surface area contributed by atoms with Crippen molar-refractivity contribution in [3.05, 3.63) is 24.1 Å². The summed E-state index contributed by atoms with van der Waals surface area (Å²) >= 11 is 1.38. The molecule has 0 bridgehead atoms. The van der Waals surface area contributed by atoms with Crippen LogP contribution in [0.25, 0.3) is 0 Å². The molecule has 1 heterocycles. The van der Waals surface area contributed by atoms with Crippen molar-refractivity contribution in [2.24, 2.45) is 0 Å². The first-order chi connectivity index (χ1) is 5.22. The molecular weight excluding hydrogens is 158 g/mol. The van der Waals surface area contributed by atoms with E-state index in [9.17, 15) is 0 Å². The number of thioether (sulfide) groups is 1. The smallest absolute Gasteiger partial charge is 0.160 e. The second-order valence-corrected chi connectivity index (χ2v) is 3.29. The molecule has 0 atom stereocenters. The maximum atomic E-state index is 5.40. The highest BCUT2D eigenvalue weighted by Gasteiger charge is 2.00. The van der Waals surface area contributed by atoms with Crippen molar-refractivity contribution in [1.29, 1.82) is 0 Å². The van der Waals surface area contributed by atoms with Crippen molar-refractivity contribution in [2.75, 3.05) is 14.1 Å². The van der Waals surface area contributed by atoms with Crippen LogP contribution in [0.5, 0.6) is 0 Å². The molecule has 0 aliphatic rings. The Morgan fingerprint density at radius 3 is 2.73 bits per heavy atom. The molecule has 0 aliphatic heterocycles. The van der Waals surface area contributed by atoms with Gasteiger partial charge in [-0.2, -0.15) is 0 Å². The molecule has 0 aromatic carbocycles. The molecule has 0 amide bonds. The van der Waals surface area contributed by atoms with Crippen molar-refractivity contribution >= 4 is 11.8 Å². The average molecular weight is 170 g/mol. The zero-order chi connectivity index (χ0) is 8.27. The van der Waals surface area contributed by atoms with Crippen LogP contribution in [0, 0.1) is 6.26 Å². The number of hydrogen-bond donors (Lipinski definition) is 0. The predicted octanol–water partition coefficient (Wildman–Crippen LogP) is 2.22. The van der Waals surface area contributed by atoms with Crippen LogP contribution in [0.15, 0.2) is 21.6 Å². The summed E-state index contributed by atoms with van der Waals surface area (Å²) < 4.78 is 5.40. The van der Waals surface area contributed by atoms with Gasteiger partial charge in [0.15, 0.2) is 5.09 Å². The molecule has 0 aliphatic carbocycles. The van der Waals surface area contributed by atoms with E-state index in [0.717, 1.165) is 17.4 Å². The first kappa shape index (κ1) is 8.68. The standard InChI is InChI=1S/C8H12NOS/c1-9(2)6-7-4-5-8(10-7)11-3/h4-5H,3,6H2,1-2H3. The van der Waals surface area contributed by atoms with E-state index in [4.69, 9.17) is 4.42 Å². The Bertz CT molecular complexity index is 220. The number of nitrogens with zero attached hydrogens (tertiary/aromatic N) is 1. The summed E-state index contributed by atoms with van der Waals surface area (Å²) in [5.74, 6) is 0.987. The van der Waals surface area contributed by atoms with Gasteiger partial charge in [-0.3, -0.25) is 0 Å². The molecule has 0 fully saturated rings. The second-order valence-electron chi connectivity index (χ2n) is 2.60. The highest BCUT2D eigenvalue weighted by Crippen LogP contribution is 2.19. The van der Waals surface area contributed by atoms with Crippen LogP contribution in [0.2, 0.25) is 0 Å². The van der Waals surface area contributed by atoms with E-state index in [1.165, 1.54) is 11.8 Å². The van der Waals surface area contributed by atoms with Gasteiger partial charge in [-0.05, 0) is 26.2 Å². The van der Waals surface area contributed by atoms with Gasteiger partial charge in [0.2, 0.25) is 0 Å². The van der Waals surface area contributed by atoms with E-state index in [1.807, 2.05) is 26.2 Å². The van der Waals surface area contributed by atoms with Crippen molar-refractivity contribution < 1.29 is 4.42 Å². The summed E-state index contributed by atoms with van der Waals surface area (Å²) in [6.07, 6.45) is 3.66. The van der Waals surface area contributed by atoms with Gasteiger partial charge >= 0.3 is 0 Å². The van der Waals surface area contributed by atoms with Crippen LogP contribution in [0.3, 0.4) is 0 Å². The van der Waals surface area contributed by atoms with Crippen LogP contribution < -0.4 is 0 Å². The maximum Gasteiger partial charge on any atom is 0.160 e. The summed E-state index contributed by atoms with van der Waals surface area (Å²) in [6.45, 7) is 0.848. The topological polar surface area (TPSA) is 16.4 Å². The number of rotatable bonds is 3. The van der Waals surface area contributed by atoms with Crippen LogP contribution in [0.1, 0.15) is 5.76 Å². The van der Waals surface area contributed by atoms with Gasteiger partial charge in [0, 0.05) is 6.26 Å². The first-order valence-electron chi connectivity index (χ1n) is 3.38. The van der Waals surface area contributed by atoms with Crippen molar-refractivity contribution in [1.82, 2.24) is 4.90 Å². The summed E-state index contributed by atoms with van der Waals surface area (Å²) in [6, 6.07) is 3.92. The Balaban J connectivity index is 2.58. The maximum absolute atomic E-state index is 5.40. The van der Waals surface area contributed by atoms with E-state index in [0.29, 0.717) is 0 Å². The molecule has 3 heteroatoms. The molecule has 0 spiro atoms. The summed E-state index contributed by atoms with van der Waals surface area (Å²) in [5.41, 5.74) is 0. The molecular formula is C8H12NOS. The van der Waals surface area contributed by atoms with Crippen LogP contribution in [-0.2, 0) is 6.54 Å². The summed E-state index contributed by atoms with van der Waals surface area (Å²) in [4.78, 5) is 2.07.